The highest BCUT2D eigenvalue weighted by Gasteiger charge is 2.40. The predicted octanol–water partition coefficient (Wildman–Crippen LogP) is 5.42. The summed E-state index contributed by atoms with van der Waals surface area (Å²) in [5.74, 6) is -0.340. The van der Waals surface area contributed by atoms with Crippen LogP contribution in [0.3, 0.4) is 0 Å². The van der Waals surface area contributed by atoms with Crippen molar-refractivity contribution in [3.05, 3.63) is 111 Å². The third kappa shape index (κ3) is 3.67. The Morgan fingerprint density at radius 3 is 2.52 bits per heavy atom. The van der Waals surface area contributed by atoms with E-state index in [1.54, 1.807) is 41.3 Å². The van der Waals surface area contributed by atoms with Gasteiger partial charge in [0.25, 0.3) is 11.6 Å². The molecule has 0 fully saturated rings. The number of carbonyl (C=O) groups excluding carboxylic acids is 2. The van der Waals surface area contributed by atoms with Crippen molar-refractivity contribution < 1.29 is 14.5 Å². The van der Waals surface area contributed by atoms with Crippen LogP contribution in [0, 0.1) is 10.1 Å². The number of amides is 1. The number of nitro benzene ring substituents is 1. The number of carbonyl (C=O) groups is 2. The van der Waals surface area contributed by atoms with Gasteiger partial charge < -0.3 is 5.32 Å². The molecule has 0 spiro atoms. The molecule has 1 heterocycles. The summed E-state index contributed by atoms with van der Waals surface area (Å²) in [4.78, 5) is 39.9. The number of Topliss-reactive ketones (excluding diaryl/α,β-unsaturated/α-hetero) is 1. The van der Waals surface area contributed by atoms with Gasteiger partial charge in [-0.2, -0.15) is 0 Å². The summed E-state index contributed by atoms with van der Waals surface area (Å²) < 4.78 is 0. The number of nitrogens with zero attached hydrogens (tertiary/aromatic N) is 2. The maximum Gasteiger partial charge on any atom is 0.269 e. The fourth-order valence-electron chi connectivity index (χ4n) is 4.60. The van der Waals surface area contributed by atoms with E-state index in [-0.39, 0.29) is 17.4 Å². The first-order chi connectivity index (χ1) is 16.0. The summed E-state index contributed by atoms with van der Waals surface area (Å²) in [7, 11) is 0. The van der Waals surface area contributed by atoms with Crippen molar-refractivity contribution in [2.75, 3.05) is 10.2 Å². The average molecular weight is 439 g/mol. The molecule has 0 saturated heterocycles. The van der Waals surface area contributed by atoms with E-state index < -0.39 is 11.0 Å². The normalized spacial score (nSPS) is 17.5. The van der Waals surface area contributed by atoms with Crippen molar-refractivity contribution in [2.24, 2.45) is 0 Å². The van der Waals surface area contributed by atoms with Gasteiger partial charge in [0.1, 0.15) is 0 Å². The van der Waals surface area contributed by atoms with E-state index in [1.807, 2.05) is 30.3 Å². The number of fused-ring (bicyclic) bond motifs is 1. The Morgan fingerprint density at radius 2 is 1.73 bits per heavy atom. The molecule has 3 aromatic carbocycles. The average Bonchev–Trinajstić information content (AvgIpc) is 2.99. The van der Waals surface area contributed by atoms with Gasteiger partial charge in [-0.3, -0.25) is 24.6 Å². The molecular weight excluding hydrogens is 418 g/mol. The molecule has 7 heteroatoms. The molecule has 7 nitrogen and oxygen atoms in total. The van der Waals surface area contributed by atoms with Crippen molar-refractivity contribution >= 4 is 28.8 Å². The Hall–Kier alpha value is -4.26. The van der Waals surface area contributed by atoms with Crippen molar-refractivity contribution in [1.29, 1.82) is 0 Å². The van der Waals surface area contributed by atoms with E-state index in [0.29, 0.717) is 41.6 Å². The van der Waals surface area contributed by atoms with E-state index in [1.165, 1.54) is 12.1 Å². The van der Waals surface area contributed by atoms with E-state index >= 15 is 0 Å². The summed E-state index contributed by atoms with van der Waals surface area (Å²) in [5, 5.41) is 14.9. The van der Waals surface area contributed by atoms with E-state index in [9.17, 15) is 19.7 Å². The molecule has 0 unspecified atom stereocenters. The van der Waals surface area contributed by atoms with Crippen LogP contribution in [0.4, 0.5) is 17.1 Å². The van der Waals surface area contributed by atoms with Crippen LogP contribution in [0.15, 0.2) is 90.1 Å². The first kappa shape index (κ1) is 20.6. The molecule has 1 aliphatic heterocycles. The largest absolute Gasteiger partial charge is 0.357 e. The van der Waals surface area contributed by atoms with Gasteiger partial charge in [0.2, 0.25) is 0 Å². The molecule has 5 rings (SSSR count). The Morgan fingerprint density at radius 1 is 0.970 bits per heavy atom. The predicted molar refractivity (Wildman–Crippen MR) is 125 cm³/mol. The van der Waals surface area contributed by atoms with Crippen molar-refractivity contribution in [3.63, 3.8) is 0 Å². The fourth-order valence-corrected chi connectivity index (χ4v) is 4.60. The van der Waals surface area contributed by atoms with Crippen LogP contribution in [0.1, 0.15) is 41.2 Å². The topological polar surface area (TPSA) is 92.5 Å². The molecule has 0 saturated carbocycles. The highest BCUT2D eigenvalue weighted by molar-refractivity contribution is 6.11. The maximum atomic E-state index is 13.9. The smallest absolute Gasteiger partial charge is 0.269 e. The number of benzene rings is 3. The molecule has 1 amide bonds. The molecule has 1 aliphatic carbocycles. The van der Waals surface area contributed by atoms with Crippen LogP contribution in [0.25, 0.3) is 0 Å². The van der Waals surface area contributed by atoms with Crippen LogP contribution in [0.2, 0.25) is 0 Å². The molecule has 1 N–H and O–H groups in total. The van der Waals surface area contributed by atoms with Gasteiger partial charge in [0, 0.05) is 35.4 Å². The molecule has 2 aliphatic rings. The Bertz CT molecular complexity index is 1300. The highest BCUT2D eigenvalue weighted by Crippen LogP contribution is 2.45. The number of hydrogen-bond acceptors (Lipinski definition) is 5. The van der Waals surface area contributed by atoms with E-state index in [2.05, 4.69) is 5.32 Å². The third-order valence-corrected chi connectivity index (χ3v) is 6.07. The van der Waals surface area contributed by atoms with Gasteiger partial charge in [0.15, 0.2) is 5.78 Å². The fraction of sp³-hybridized carbons (Fsp3) is 0.154. The lowest BCUT2D eigenvalue weighted by molar-refractivity contribution is -0.384. The number of nitrogens with one attached hydrogen (secondary N) is 1. The first-order valence-electron chi connectivity index (χ1n) is 10.8. The van der Waals surface area contributed by atoms with Crippen LogP contribution < -0.4 is 10.2 Å². The standard InChI is InChI=1S/C26H21N3O4/c30-23-15-7-13-21-24(23)25(18-10-6-11-19(16-18)29(32)33)28(22-14-5-4-12-20(22)27-21)26(31)17-8-2-1-3-9-17/h1-6,8-12,14,16,25,27H,7,13,15H2/t25-/m1/s1. The summed E-state index contributed by atoms with van der Waals surface area (Å²) in [6.45, 7) is 0. The summed E-state index contributed by atoms with van der Waals surface area (Å²) in [5.41, 5.74) is 3.49. The summed E-state index contributed by atoms with van der Waals surface area (Å²) in [6.07, 6.45) is 1.74. The Kier molecular flexibility index (Phi) is 5.22. The zero-order valence-electron chi connectivity index (χ0n) is 17.7. The second kappa shape index (κ2) is 8.35. The SMILES string of the molecule is O=C1CCCC2=C1[C@@H](c1cccc([N+](=O)[O-])c1)N(C(=O)c1ccccc1)c1ccccc1N2. The second-order valence-electron chi connectivity index (χ2n) is 8.11. The lowest BCUT2D eigenvalue weighted by atomic mass is 9.85. The number of nitro groups is 1. The minimum atomic E-state index is -0.795. The molecule has 0 bridgehead atoms. The maximum absolute atomic E-state index is 13.9. The first-order valence-corrected chi connectivity index (χ1v) is 10.8. The van der Waals surface area contributed by atoms with Crippen LogP contribution in [0.5, 0.6) is 0 Å². The number of anilines is 2. The molecule has 164 valence electrons. The number of rotatable bonds is 3. The molecule has 0 aromatic heterocycles. The van der Waals surface area contributed by atoms with Crippen LogP contribution in [-0.4, -0.2) is 16.6 Å². The number of non-ortho nitro benzene ring substituents is 1. The summed E-state index contributed by atoms with van der Waals surface area (Å²) in [6, 6.07) is 21.7. The minimum absolute atomic E-state index is 0.0566. The van der Waals surface area contributed by atoms with Crippen LogP contribution in [-0.2, 0) is 4.79 Å². The second-order valence-corrected chi connectivity index (χ2v) is 8.11. The van der Waals surface area contributed by atoms with Crippen molar-refractivity contribution in [3.8, 4) is 0 Å². The molecule has 1 atom stereocenters. The van der Waals surface area contributed by atoms with Gasteiger partial charge in [0.05, 0.1) is 22.3 Å². The number of ketones is 1. The summed E-state index contributed by atoms with van der Waals surface area (Å²) >= 11 is 0. The number of para-hydroxylation sites is 2. The van der Waals surface area contributed by atoms with Gasteiger partial charge in [-0.05, 0) is 42.7 Å². The number of allylic oxidation sites excluding steroid dienone is 1. The third-order valence-electron chi connectivity index (χ3n) is 6.07. The molecular formula is C26H21N3O4. The minimum Gasteiger partial charge on any atom is -0.357 e. The Balaban J connectivity index is 1.80. The van der Waals surface area contributed by atoms with Gasteiger partial charge >= 0.3 is 0 Å². The zero-order chi connectivity index (χ0) is 22.9. The quantitative estimate of drug-likeness (QED) is 0.435. The monoisotopic (exact) mass is 439 g/mol. The van der Waals surface area contributed by atoms with Gasteiger partial charge in [-0.15, -0.1) is 0 Å². The molecule has 3 aromatic rings. The van der Waals surface area contributed by atoms with Crippen molar-refractivity contribution in [2.45, 2.75) is 25.3 Å². The zero-order valence-corrected chi connectivity index (χ0v) is 17.7. The lowest BCUT2D eigenvalue weighted by Gasteiger charge is -2.34. The molecule has 33 heavy (non-hydrogen) atoms. The van der Waals surface area contributed by atoms with E-state index in [0.717, 1.165) is 11.4 Å². The lowest BCUT2D eigenvalue weighted by Crippen LogP contribution is -2.38. The van der Waals surface area contributed by atoms with Crippen molar-refractivity contribution in [1.82, 2.24) is 0 Å². The molecule has 0 radical (unpaired) electrons. The van der Waals surface area contributed by atoms with Crippen LogP contribution >= 0.6 is 0 Å². The van der Waals surface area contributed by atoms with Gasteiger partial charge in [-0.1, -0.05) is 42.5 Å². The van der Waals surface area contributed by atoms with Gasteiger partial charge in [-0.25, -0.2) is 0 Å². The Labute approximate surface area is 190 Å². The highest BCUT2D eigenvalue weighted by atomic mass is 16.6. The number of hydrogen-bond donors (Lipinski definition) is 1. The van der Waals surface area contributed by atoms with E-state index in [4.69, 9.17) is 0 Å².